The predicted molar refractivity (Wildman–Crippen MR) is 89.0 cm³/mol. The third-order valence-electron chi connectivity index (χ3n) is 4.17. The van der Waals surface area contributed by atoms with E-state index in [2.05, 4.69) is 23.6 Å². The van der Waals surface area contributed by atoms with Crippen molar-refractivity contribution < 1.29 is 4.74 Å². The summed E-state index contributed by atoms with van der Waals surface area (Å²) in [6.07, 6.45) is 5.06. The fourth-order valence-corrected chi connectivity index (χ4v) is 2.97. The summed E-state index contributed by atoms with van der Waals surface area (Å²) in [6.45, 7) is 13.4. The van der Waals surface area contributed by atoms with Gasteiger partial charge < -0.3 is 4.74 Å². The second kappa shape index (κ2) is 8.69. The molecule has 0 amide bonds. The number of rotatable bonds is 5. The average molecular weight is 288 g/mol. The molecule has 1 fully saturated rings. The Morgan fingerprint density at radius 2 is 1.81 bits per heavy atom. The molecule has 0 radical (unpaired) electrons. The summed E-state index contributed by atoms with van der Waals surface area (Å²) < 4.78 is 5.74. The van der Waals surface area contributed by atoms with E-state index in [1.54, 1.807) is 12.1 Å². The largest absolute Gasteiger partial charge is 0.494 e. The van der Waals surface area contributed by atoms with Crippen molar-refractivity contribution in [3.05, 3.63) is 35.7 Å². The molecule has 0 spiro atoms. The average Bonchev–Trinajstić information content (AvgIpc) is 2.46. The summed E-state index contributed by atoms with van der Waals surface area (Å²) in [4.78, 5) is 5.98. The molecule has 2 rings (SSSR count). The van der Waals surface area contributed by atoms with E-state index in [4.69, 9.17) is 11.3 Å². The molecule has 1 aromatic carbocycles. The number of hydrogen-bond donors (Lipinski definition) is 0. The van der Waals surface area contributed by atoms with Crippen LogP contribution in [0.25, 0.3) is 4.85 Å². The lowest BCUT2D eigenvalue weighted by Gasteiger charge is -2.39. The first-order chi connectivity index (χ1) is 9.70. The van der Waals surface area contributed by atoms with Crippen LogP contribution < -0.4 is 4.74 Å². The van der Waals surface area contributed by atoms with Crippen molar-refractivity contribution in [1.82, 2.24) is 4.90 Å². The first-order valence-electron chi connectivity index (χ1n) is 7.57. The number of nitrogens with zero attached hydrogens (tertiary/aromatic N) is 2. The lowest BCUT2D eigenvalue weighted by Crippen LogP contribution is -2.44. The van der Waals surface area contributed by atoms with Gasteiger partial charge in [-0.25, -0.2) is 4.85 Å². The van der Waals surface area contributed by atoms with Gasteiger partial charge in [-0.05, 0) is 45.2 Å². The number of hydrogen-bond acceptors (Lipinski definition) is 2. The molecule has 0 aromatic heterocycles. The first-order valence-corrected chi connectivity index (χ1v) is 7.57. The van der Waals surface area contributed by atoms with E-state index < -0.39 is 0 Å². The van der Waals surface area contributed by atoms with E-state index in [0.29, 0.717) is 17.8 Å². The van der Waals surface area contributed by atoms with Gasteiger partial charge in [-0.1, -0.05) is 26.0 Å². The summed E-state index contributed by atoms with van der Waals surface area (Å²) in [5.74, 6) is 0.858. The van der Waals surface area contributed by atoms with Gasteiger partial charge in [-0.3, -0.25) is 4.90 Å². The van der Waals surface area contributed by atoms with Gasteiger partial charge in [0.25, 0.3) is 0 Å². The second-order valence-corrected chi connectivity index (χ2v) is 5.67. The molecule has 21 heavy (non-hydrogen) atoms. The van der Waals surface area contributed by atoms with E-state index in [-0.39, 0.29) is 7.43 Å². The van der Waals surface area contributed by atoms with Gasteiger partial charge in [-0.2, -0.15) is 0 Å². The Morgan fingerprint density at radius 3 is 2.38 bits per heavy atom. The monoisotopic (exact) mass is 288 g/mol. The zero-order chi connectivity index (χ0) is 14.4. The lowest BCUT2D eigenvalue weighted by atomic mass is 9.97. The second-order valence-electron chi connectivity index (χ2n) is 5.67. The van der Waals surface area contributed by atoms with Crippen LogP contribution in [0.2, 0.25) is 0 Å². The molecule has 1 aliphatic heterocycles. The van der Waals surface area contributed by atoms with Crippen molar-refractivity contribution in [3.8, 4) is 5.75 Å². The summed E-state index contributed by atoms with van der Waals surface area (Å²) >= 11 is 0. The predicted octanol–water partition coefficient (Wildman–Crippen LogP) is 4.91. The maximum atomic E-state index is 6.91. The molecule has 116 valence electrons. The van der Waals surface area contributed by atoms with Crippen LogP contribution in [0.1, 0.15) is 47.0 Å². The van der Waals surface area contributed by atoms with Crippen LogP contribution in [-0.4, -0.2) is 30.1 Å². The van der Waals surface area contributed by atoms with Gasteiger partial charge in [0.1, 0.15) is 5.75 Å². The molecular weight excluding hydrogens is 260 g/mol. The first kappa shape index (κ1) is 17.5. The molecule has 0 bridgehead atoms. The highest BCUT2D eigenvalue weighted by Crippen LogP contribution is 2.22. The summed E-state index contributed by atoms with van der Waals surface area (Å²) in [6, 6.07) is 8.76. The Kier molecular flexibility index (Phi) is 7.25. The highest BCUT2D eigenvalue weighted by atomic mass is 16.5. The number of ether oxygens (including phenoxy) is 1. The number of likely N-dealkylation sites (tertiary alicyclic amines) is 1. The smallest absolute Gasteiger partial charge is 0.187 e. The maximum absolute atomic E-state index is 6.91. The molecule has 0 aliphatic carbocycles. The van der Waals surface area contributed by atoms with Gasteiger partial charge >= 0.3 is 0 Å². The van der Waals surface area contributed by atoms with Crippen LogP contribution in [0, 0.1) is 6.57 Å². The Balaban J connectivity index is 0.00000220. The van der Waals surface area contributed by atoms with Gasteiger partial charge in [0.15, 0.2) is 5.69 Å². The van der Waals surface area contributed by atoms with Crippen LogP contribution in [0.3, 0.4) is 0 Å². The molecule has 1 heterocycles. The number of benzene rings is 1. The summed E-state index contributed by atoms with van der Waals surface area (Å²) in [7, 11) is 0. The topological polar surface area (TPSA) is 16.8 Å². The molecule has 1 aromatic rings. The Bertz CT molecular complexity index is 439. The molecule has 3 nitrogen and oxygen atoms in total. The summed E-state index contributed by atoms with van der Waals surface area (Å²) in [5, 5.41) is 0. The standard InChI is InChI=1S/C17H24N2O.CH4/c1-14-6-4-7-15(2)19(14)12-5-13-20-17-10-8-16(18-3)9-11-17;/h8-11,14-15H,4-7,12-13H2,1-2H3;1H4. The molecular formula is C18H28N2O. The molecule has 3 heteroatoms. The van der Waals surface area contributed by atoms with Crippen LogP contribution in [0.15, 0.2) is 24.3 Å². The molecule has 2 atom stereocenters. The van der Waals surface area contributed by atoms with E-state index >= 15 is 0 Å². The van der Waals surface area contributed by atoms with Crippen molar-refractivity contribution in [1.29, 1.82) is 0 Å². The van der Waals surface area contributed by atoms with Crippen LogP contribution in [-0.2, 0) is 0 Å². The fourth-order valence-electron chi connectivity index (χ4n) is 2.97. The van der Waals surface area contributed by atoms with Crippen LogP contribution in [0.5, 0.6) is 5.75 Å². The molecule has 0 N–H and O–H groups in total. The molecule has 2 unspecified atom stereocenters. The van der Waals surface area contributed by atoms with E-state index in [1.807, 2.05) is 12.1 Å². The van der Waals surface area contributed by atoms with E-state index in [1.165, 1.54) is 19.3 Å². The van der Waals surface area contributed by atoms with Crippen LogP contribution in [0.4, 0.5) is 5.69 Å². The zero-order valence-electron chi connectivity index (χ0n) is 12.5. The lowest BCUT2D eigenvalue weighted by molar-refractivity contribution is 0.0961. The third kappa shape index (κ3) is 5.06. The molecule has 1 aliphatic rings. The van der Waals surface area contributed by atoms with Crippen molar-refractivity contribution in [2.24, 2.45) is 0 Å². The Labute approximate surface area is 129 Å². The highest BCUT2D eigenvalue weighted by molar-refractivity contribution is 5.46. The van der Waals surface area contributed by atoms with Crippen molar-refractivity contribution in [3.63, 3.8) is 0 Å². The Morgan fingerprint density at radius 1 is 1.19 bits per heavy atom. The SMILES string of the molecule is C.[C-]#[N+]c1ccc(OCCCN2C(C)CCCC2C)cc1. The zero-order valence-corrected chi connectivity index (χ0v) is 12.5. The van der Waals surface area contributed by atoms with Gasteiger partial charge in [0.2, 0.25) is 0 Å². The van der Waals surface area contributed by atoms with Gasteiger partial charge in [0.05, 0.1) is 13.2 Å². The maximum Gasteiger partial charge on any atom is 0.187 e. The quantitative estimate of drug-likeness (QED) is 0.566. The van der Waals surface area contributed by atoms with Crippen molar-refractivity contribution in [2.75, 3.05) is 13.2 Å². The fraction of sp³-hybridized carbons (Fsp3) is 0.611. The van der Waals surface area contributed by atoms with Crippen molar-refractivity contribution >= 4 is 5.69 Å². The minimum absolute atomic E-state index is 0. The van der Waals surface area contributed by atoms with E-state index in [9.17, 15) is 0 Å². The van der Waals surface area contributed by atoms with E-state index in [0.717, 1.165) is 25.3 Å². The van der Waals surface area contributed by atoms with Crippen LogP contribution >= 0.6 is 0 Å². The van der Waals surface area contributed by atoms with Gasteiger partial charge in [0, 0.05) is 18.6 Å². The molecule has 1 saturated heterocycles. The summed E-state index contributed by atoms with van der Waals surface area (Å²) in [5.41, 5.74) is 0.660. The van der Waals surface area contributed by atoms with Gasteiger partial charge in [-0.15, -0.1) is 0 Å². The highest BCUT2D eigenvalue weighted by Gasteiger charge is 2.23. The van der Waals surface area contributed by atoms with Crippen molar-refractivity contribution in [2.45, 2.75) is 59.0 Å². The third-order valence-corrected chi connectivity index (χ3v) is 4.17. The minimum Gasteiger partial charge on any atom is -0.494 e. The molecule has 0 saturated carbocycles. The Hall–Kier alpha value is -1.53. The normalized spacial score (nSPS) is 22.1. The number of piperidine rings is 1. The minimum atomic E-state index is 0.